The Bertz CT molecular complexity index is 760. The van der Waals surface area contributed by atoms with Crippen LogP contribution in [0.3, 0.4) is 0 Å². The number of aromatic nitrogens is 3. The van der Waals surface area contributed by atoms with Crippen molar-refractivity contribution < 1.29 is 27.2 Å². The van der Waals surface area contributed by atoms with Crippen LogP contribution in [0.25, 0.3) is 11.4 Å². The van der Waals surface area contributed by atoms with Crippen LogP contribution in [0.2, 0.25) is 0 Å². The first-order valence-corrected chi connectivity index (χ1v) is 6.56. The van der Waals surface area contributed by atoms with E-state index in [0.29, 0.717) is 5.69 Å². The topological polar surface area (TPSA) is 90.1 Å². The minimum atomic E-state index is -4.70. The number of carbonyl (C=O) groups excluding carboxylic acids is 1. The molecule has 0 saturated carbocycles. The standard InChI is InChI=1S/C14H11F3N4O3/c1-2-3-6-23-13(22)19-8-10-5-4-9(7-18-10)11-20-12(24-21-11)14(15,16)17/h4-5,7H,6,8H2,1H3,(H,19,22). The molecule has 0 saturated heterocycles. The first kappa shape index (κ1) is 17.3. The number of hydrogen-bond acceptors (Lipinski definition) is 6. The van der Waals surface area contributed by atoms with Crippen molar-refractivity contribution in [3.05, 3.63) is 29.9 Å². The number of hydrogen-bond donors (Lipinski definition) is 1. The fraction of sp³-hybridized carbons (Fsp3) is 0.286. The van der Waals surface area contributed by atoms with Gasteiger partial charge in [-0.05, 0) is 19.1 Å². The molecule has 0 bridgehead atoms. The lowest BCUT2D eigenvalue weighted by Gasteiger charge is -2.04. The molecule has 126 valence electrons. The van der Waals surface area contributed by atoms with E-state index in [1.165, 1.54) is 18.3 Å². The predicted molar refractivity (Wildman–Crippen MR) is 74.2 cm³/mol. The molecule has 1 amide bonds. The van der Waals surface area contributed by atoms with Crippen molar-refractivity contribution in [3.63, 3.8) is 0 Å². The second-order valence-electron chi connectivity index (χ2n) is 4.32. The summed E-state index contributed by atoms with van der Waals surface area (Å²) >= 11 is 0. The molecule has 1 N–H and O–H groups in total. The van der Waals surface area contributed by atoms with Gasteiger partial charge in [0.05, 0.1) is 12.2 Å². The van der Waals surface area contributed by atoms with Gasteiger partial charge in [-0.1, -0.05) is 11.1 Å². The fourth-order valence-corrected chi connectivity index (χ4v) is 1.50. The lowest BCUT2D eigenvalue weighted by molar-refractivity contribution is -0.159. The van der Waals surface area contributed by atoms with Crippen LogP contribution in [0.1, 0.15) is 18.5 Å². The summed E-state index contributed by atoms with van der Waals surface area (Å²) < 4.78 is 46.1. The van der Waals surface area contributed by atoms with Crippen LogP contribution in [-0.4, -0.2) is 27.8 Å². The largest absolute Gasteiger partial charge is 0.471 e. The van der Waals surface area contributed by atoms with Gasteiger partial charge >= 0.3 is 18.2 Å². The van der Waals surface area contributed by atoms with Gasteiger partial charge in [-0.3, -0.25) is 4.98 Å². The zero-order valence-corrected chi connectivity index (χ0v) is 12.3. The third-order valence-electron chi connectivity index (χ3n) is 2.62. The third-order valence-corrected chi connectivity index (χ3v) is 2.62. The summed E-state index contributed by atoms with van der Waals surface area (Å²) in [4.78, 5) is 18.6. The Labute approximate surface area is 134 Å². The Hall–Kier alpha value is -3.09. The highest BCUT2D eigenvalue weighted by Gasteiger charge is 2.38. The minimum absolute atomic E-state index is 0.0198. The van der Waals surface area contributed by atoms with E-state index in [1.807, 2.05) is 0 Å². The van der Waals surface area contributed by atoms with Crippen LogP contribution in [-0.2, 0) is 17.5 Å². The zero-order chi connectivity index (χ0) is 17.6. The fourth-order valence-electron chi connectivity index (χ4n) is 1.50. The highest BCUT2D eigenvalue weighted by molar-refractivity contribution is 5.67. The van der Waals surface area contributed by atoms with E-state index in [-0.39, 0.29) is 24.5 Å². The van der Waals surface area contributed by atoms with Gasteiger partial charge in [0.15, 0.2) is 6.61 Å². The molecule has 0 aromatic carbocycles. The number of alkyl carbamates (subject to hydrolysis) is 1. The molecule has 2 aromatic heterocycles. The summed E-state index contributed by atoms with van der Waals surface area (Å²) in [5.74, 6) is 3.48. The SMILES string of the molecule is CC#CCOC(=O)NCc1ccc(-c2noc(C(F)(F)F)n2)cn1. The first-order chi connectivity index (χ1) is 11.4. The molecular formula is C14H11F3N4O3. The molecule has 2 rings (SSSR count). The van der Waals surface area contributed by atoms with E-state index in [9.17, 15) is 18.0 Å². The van der Waals surface area contributed by atoms with Crippen molar-refractivity contribution in [1.29, 1.82) is 0 Å². The predicted octanol–water partition coefficient (Wildman–Crippen LogP) is 2.40. The third kappa shape index (κ3) is 4.70. The number of rotatable bonds is 4. The van der Waals surface area contributed by atoms with Crippen LogP contribution in [0.15, 0.2) is 22.9 Å². The molecule has 2 heterocycles. The first-order valence-electron chi connectivity index (χ1n) is 6.56. The van der Waals surface area contributed by atoms with Crippen molar-refractivity contribution in [2.24, 2.45) is 0 Å². The zero-order valence-electron chi connectivity index (χ0n) is 12.3. The number of halogens is 3. The maximum atomic E-state index is 12.4. The van der Waals surface area contributed by atoms with E-state index < -0.39 is 18.2 Å². The summed E-state index contributed by atoms with van der Waals surface area (Å²) in [6, 6.07) is 2.97. The number of alkyl halides is 3. The van der Waals surface area contributed by atoms with E-state index >= 15 is 0 Å². The average Bonchev–Trinajstić information content (AvgIpc) is 3.04. The van der Waals surface area contributed by atoms with Gasteiger partial charge in [0.2, 0.25) is 5.82 Å². The van der Waals surface area contributed by atoms with Gasteiger partial charge in [-0.25, -0.2) is 4.79 Å². The van der Waals surface area contributed by atoms with Crippen LogP contribution >= 0.6 is 0 Å². The minimum Gasteiger partial charge on any atom is -0.436 e. The smallest absolute Gasteiger partial charge is 0.436 e. The van der Waals surface area contributed by atoms with E-state index in [1.54, 1.807) is 6.92 Å². The second kappa shape index (κ2) is 7.45. The molecule has 24 heavy (non-hydrogen) atoms. The number of ether oxygens (including phenoxy) is 1. The Kier molecular flexibility index (Phi) is 5.36. The molecule has 0 aliphatic rings. The summed E-state index contributed by atoms with van der Waals surface area (Å²) in [7, 11) is 0. The van der Waals surface area contributed by atoms with Crippen LogP contribution in [0, 0.1) is 11.8 Å². The van der Waals surface area contributed by atoms with Gasteiger partial charge in [0.1, 0.15) is 0 Å². The van der Waals surface area contributed by atoms with E-state index in [2.05, 4.69) is 36.8 Å². The maximum Gasteiger partial charge on any atom is 0.471 e. The van der Waals surface area contributed by atoms with Gasteiger partial charge in [-0.15, -0.1) is 5.92 Å². The van der Waals surface area contributed by atoms with Gasteiger partial charge in [0, 0.05) is 11.8 Å². The van der Waals surface area contributed by atoms with Crippen molar-refractivity contribution in [2.45, 2.75) is 19.6 Å². The molecule has 0 radical (unpaired) electrons. The summed E-state index contributed by atoms with van der Waals surface area (Å²) in [6.07, 6.45) is -4.09. The number of nitrogens with zero attached hydrogens (tertiary/aromatic N) is 3. The molecule has 7 nitrogen and oxygen atoms in total. The molecular weight excluding hydrogens is 329 g/mol. The van der Waals surface area contributed by atoms with Crippen molar-refractivity contribution >= 4 is 6.09 Å². The molecule has 0 fully saturated rings. The molecule has 0 unspecified atom stereocenters. The number of nitrogens with one attached hydrogen (secondary N) is 1. The normalized spacial score (nSPS) is 10.7. The quantitative estimate of drug-likeness (QED) is 0.860. The second-order valence-corrected chi connectivity index (χ2v) is 4.32. The average molecular weight is 340 g/mol. The lowest BCUT2D eigenvalue weighted by Crippen LogP contribution is -2.24. The summed E-state index contributed by atoms with van der Waals surface area (Å²) in [6.45, 7) is 1.68. The highest BCUT2D eigenvalue weighted by Crippen LogP contribution is 2.29. The monoisotopic (exact) mass is 340 g/mol. The number of carbonyl (C=O) groups is 1. The molecule has 2 aromatic rings. The van der Waals surface area contributed by atoms with E-state index in [0.717, 1.165) is 0 Å². The highest BCUT2D eigenvalue weighted by atomic mass is 19.4. The van der Waals surface area contributed by atoms with Crippen molar-refractivity contribution in [3.8, 4) is 23.2 Å². The summed E-state index contributed by atoms with van der Waals surface area (Å²) in [5.41, 5.74) is 0.718. The Morgan fingerprint density at radius 2 is 2.21 bits per heavy atom. The van der Waals surface area contributed by atoms with Crippen LogP contribution in [0.4, 0.5) is 18.0 Å². The molecule has 0 atom stereocenters. The Balaban J connectivity index is 1.94. The van der Waals surface area contributed by atoms with E-state index in [4.69, 9.17) is 4.74 Å². The van der Waals surface area contributed by atoms with Gasteiger partial charge in [0.25, 0.3) is 0 Å². The molecule has 0 spiro atoms. The maximum absolute atomic E-state index is 12.4. The molecule has 0 aliphatic heterocycles. The molecule has 0 aliphatic carbocycles. The van der Waals surface area contributed by atoms with Crippen molar-refractivity contribution in [2.75, 3.05) is 6.61 Å². The number of pyridine rings is 1. The number of amides is 1. The van der Waals surface area contributed by atoms with Crippen LogP contribution in [0.5, 0.6) is 0 Å². The van der Waals surface area contributed by atoms with Gasteiger partial charge in [-0.2, -0.15) is 18.2 Å². The van der Waals surface area contributed by atoms with Crippen LogP contribution < -0.4 is 5.32 Å². The Morgan fingerprint density at radius 1 is 1.42 bits per heavy atom. The van der Waals surface area contributed by atoms with Crippen molar-refractivity contribution in [1.82, 2.24) is 20.4 Å². The summed E-state index contributed by atoms with van der Waals surface area (Å²) in [5, 5.41) is 5.70. The molecule has 10 heteroatoms. The van der Waals surface area contributed by atoms with Gasteiger partial charge < -0.3 is 14.6 Å². The Morgan fingerprint density at radius 3 is 2.79 bits per heavy atom. The lowest BCUT2D eigenvalue weighted by atomic mass is 10.2.